The summed E-state index contributed by atoms with van der Waals surface area (Å²) in [5.74, 6) is 2.26. The lowest BCUT2D eigenvalue weighted by Crippen LogP contribution is -2.24. The zero-order chi connectivity index (χ0) is 13.5. The van der Waals surface area contributed by atoms with Gasteiger partial charge in [0.25, 0.3) is 0 Å². The van der Waals surface area contributed by atoms with Crippen LogP contribution in [0.15, 0.2) is 22.7 Å². The second-order valence-electron chi connectivity index (χ2n) is 4.00. The lowest BCUT2D eigenvalue weighted by Gasteiger charge is -2.15. The standard InChI is InChI=1S/C13H20BrNO2S/c1-4-18(16)8-7-15-10(2)11-5-6-13(17-3)12(14)9-11/h5-6,9-10,15H,4,7-8H2,1-3H3. The van der Waals surface area contributed by atoms with Crippen LogP contribution >= 0.6 is 15.9 Å². The maximum Gasteiger partial charge on any atom is 0.133 e. The summed E-state index contributed by atoms with van der Waals surface area (Å²) in [5, 5.41) is 3.37. The molecule has 0 aliphatic heterocycles. The first-order chi connectivity index (χ1) is 8.58. The van der Waals surface area contributed by atoms with Gasteiger partial charge in [-0.25, -0.2) is 0 Å². The molecule has 18 heavy (non-hydrogen) atoms. The zero-order valence-corrected chi connectivity index (χ0v) is 13.4. The summed E-state index contributed by atoms with van der Waals surface area (Å²) in [5.41, 5.74) is 1.19. The molecular formula is C13H20BrNO2S. The Morgan fingerprint density at radius 1 is 1.50 bits per heavy atom. The molecule has 0 amide bonds. The van der Waals surface area contributed by atoms with Crippen LogP contribution < -0.4 is 10.1 Å². The molecule has 0 heterocycles. The van der Waals surface area contributed by atoms with E-state index in [4.69, 9.17) is 4.74 Å². The van der Waals surface area contributed by atoms with Gasteiger partial charge in [-0.3, -0.25) is 4.21 Å². The minimum atomic E-state index is -0.701. The van der Waals surface area contributed by atoms with E-state index in [9.17, 15) is 4.21 Å². The molecule has 0 saturated carbocycles. The van der Waals surface area contributed by atoms with Crippen LogP contribution in [-0.4, -0.2) is 29.4 Å². The van der Waals surface area contributed by atoms with Crippen LogP contribution in [0.4, 0.5) is 0 Å². The van der Waals surface area contributed by atoms with E-state index in [0.29, 0.717) is 5.75 Å². The topological polar surface area (TPSA) is 38.3 Å². The van der Waals surface area contributed by atoms with Gasteiger partial charge in [0.2, 0.25) is 0 Å². The highest BCUT2D eigenvalue weighted by Gasteiger charge is 2.08. The number of hydrogen-bond acceptors (Lipinski definition) is 3. The van der Waals surface area contributed by atoms with Gasteiger partial charge in [0.1, 0.15) is 5.75 Å². The molecule has 1 rings (SSSR count). The van der Waals surface area contributed by atoms with E-state index in [1.807, 2.05) is 25.1 Å². The van der Waals surface area contributed by atoms with E-state index in [1.165, 1.54) is 5.56 Å². The summed E-state index contributed by atoms with van der Waals surface area (Å²) < 4.78 is 17.5. The third-order valence-electron chi connectivity index (χ3n) is 2.78. The van der Waals surface area contributed by atoms with Crippen LogP contribution in [0.5, 0.6) is 5.75 Å². The van der Waals surface area contributed by atoms with E-state index >= 15 is 0 Å². The Hall–Kier alpha value is -0.390. The Morgan fingerprint density at radius 2 is 2.22 bits per heavy atom. The molecule has 0 spiro atoms. The van der Waals surface area contributed by atoms with Gasteiger partial charge in [-0.2, -0.15) is 0 Å². The molecule has 0 aromatic heterocycles. The molecular weight excluding hydrogens is 314 g/mol. The lowest BCUT2D eigenvalue weighted by molar-refractivity contribution is 0.411. The highest BCUT2D eigenvalue weighted by atomic mass is 79.9. The molecule has 2 atom stereocenters. The number of methoxy groups -OCH3 is 1. The second kappa shape index (κ2) is 7.92. The van der Waals surface area contributed by atoms with Gasteiger partial charge in [-0.1, -0.05) is 13.0 Å². The first-order valence-corrected chi connectivity index (χ1v) is 8.28. The number of halogens is 1. The van der Waals surface area contributed by atoms with Crippen molar-refractivity contribution in [1.29, 1.82) is 0 Å². The van der Waals surface area contributed by atoms with Crippen molar-refractivity contribution in [2.75, 3.05) is 25.2 Å². The third kappa shape index (κ3) is 4.71. The average Bonchev–Trinajstić information content (AvgIpc) is 2.38. The zero-order valence-electron chi connectivity index (χ0n) is 11.0. The molecule has 0 saturated heterocycles. The van der Waals surface area contributed by atoms with Gasteiger partial charge in [0, 0.05) is 34.9 Å². The van der Waals surface area contributed by atoms with Crippen molar-refractivity contribution >= 4 is 26.7 Å². The second-order valence-corrected chi connectivity index (χ2v) is 6.72. The van der Waals surface area contributed by atoms with E-state index in [-0.39, 0.29) is 6.04 Å². The fraction of sp³-hybridized carbons (Fsp3) is 0.538. The highest BCUT2D eigenvalue weighted by molar-refractivity contribution is 9.10. The van der Waals surface area contributed by atoms with Crippen molar-refractivity contribution < 1.29 is 8.95 Å². The minimum Gasteiger partial charge on any atom is -0.496 e. The fourth-order valence-electron chi connectivity index (χ4n) is 1.60. The summed E-state index contributed by atoms with van der Waals surface area (Å²) in [6.07, 6.45) is 0. The van der Waals surface area contributed by atoms with Crippen molar-refractivity contribution in [3.8, 4) is 5.75 Å². The van der Waals surface area contributed by atoms with Crippen LogP contribution in [0.2, 0.25) is 0 Å². The summed E-state index contributed by atoms with van der Waals surface area (Å²) >= 11 is 3.48. The molecule has 0 fully saturated rings. The Bertz CT molecular complexity index is 412. The van der Waals surface area contributed by atoms with Crippen LogP contribution in [0.3, 0.4) is 0 Å². The molecule has 0 aliphatic carbocycles. The summed E-state index contributed by atoms with van der Waals surface area (Å²) in [4.78, 5) is 0. The molecule has 1 aromatic rings. The van der Waals surface area contributed by atoms with Crippen LogP contribution in [0.1, 0.15) is 25.5 Å². The SMILES string of the molecule is CCS(=O)CCNC(C)c1ccc(OC)c(Br)c1. The Balaban J connectivity index is 2.53. The highest BCUT2D eigenvalue weighted by Crippen LogP contribution is 2.27. The summed E-state index contributed by atoms with van der Waals surface area (Å²) in [6.45, 7) is 4.81. The molecule has 0 radical (unpaired) electrons. The summed E-state index contributed by atoms with van der Waals surface area (Å²) in [7, 11) is 0.953. The molecule has 102 valence electrons. The molecule has 1 N–H and O–H groups in total. The summed E-state index contributed by atoms with van der Waals surface area (Å²) in [6, 6.07) is 6.27. The first kappa shape index (κ1) is 15.7. The van der Waals surface area contributed by atoms with Gasteiger partial charge in [0.05, 0.1) is 11.6 Å². The molecule has 3 nitrogen and oxygen atoms in total. The smallest absolute Gasteiger partial charge is 0.133 e. The van der Waals surface area contributed by atoms with Crippen molar-refractivity contribution in [2.24, 2.45) is 0 Å². The van der Waals surface area contributed by atoms with E-state index in [2.05, 4.69) is 28.2 Å². The first-order valence-electron chi connectivity index (χ1n) is 6.00. The number of ether oxygens (including phenoxy) is 1. The van der Waals surface area contributed by atoms with Crippen molar-refractivity contribution in [1.82, 2.24) is 5.32 Å². The van der Waals surface area contributed by atoms with E-state index < -0.39 is 10.8 Å². The third-order valence-corrected chi connectivity index (χ3v) is 4.70. The molecule has 0 bridgehead atoms. The van der Waals surface area contributed by atoms with Gasteiger partial charge < -0.3 is 10.1 Å². The lowest BCUT2D eigenvalue weighted by atomic mass is 10.1. The van der Waals surface area contributed by atoms with Gasteiger partial charge in [-0.15, -0.1) is 0 Å². The number of benzene rings is 1. The van der Waals surface area contributed by atoms with Crippen molar-refractivity contribution in [3.63, 3.8) is 0 Å². The van der Waals surface area contributed by atoms with Crippen molar-refractivity contribution in [3.05, 3.63) is 28.2 Å². The van der Waals surface area contributed by atoms with Crippen LogP contribution in [0, 0.1) is 0 Å². The quantitative estimate of drug-likeness (QED) is 0.833. The Kier molecular flexibility index (Phi) is 6.89. The number of nitrogens with one attached hydrogen (secondary N) is 1. The van der Waals surface area contributed by atoms with Gasteiger partial charge in [-0.05, 0) is 40.5 Å². The minimum absolute atomic E-state index is 0.237. The van der Waals surface area contributed by atoms with Crippen LogP contribution in [-0.2, 0) is 10.8 Å². The predicted molar refractivity (Wildman–Crippen MR) is 80.7 cm³/mol. The number of rotatable bonds is 7. The molecule has 1 aromatic carbocycles. The molecule has 0 aliphatic rings. The maximum absolute atomic E-state index is 11.3. The van der Waals surface area contributed by atoms with E-state index in [0.717, 1.165) is 22.5 Å². The van der Waals surface area contributed by atoms with Crippen LogP contribution in [0.25, 0.3) is 0 Å². The maximum atomic E-state index is 11.3. The van der Waals surface area contributed by atoms with Gasteiger partial charge in [0.15, 0.2) is 0 Å². The Labute approximate surface area is 120 Å². The predicted octanol–water partition coefficient (Wildman–Crippen LogP) is 2.88. The normalized spacial score (nSPS) is 14.2. The average molecular weight is 334 g/mol. The number of hydrogen-bond donors (Lipinski definition) is 1. The fourth-order valence-corrected chi connectivity index (χ4v) is 2.80. The monoisotopic (exact) mass is 333 g/mol. The van der Waals surface area contributed by atoms with Crippen molar-refractivity contribution in [2.45, 2.75) is 19.9 Å². The molecule has 2 unspecified atom stereocenters. The largest absolute Gasteiger partial charge is 0.496 e. The molecule has 5 heteroatoms. The van der Waals surface area contributed by atoms with Gasteiger partial charge >= 0.3 is 0 Å². The van der Waals surface area contributed by atoms with E-state index in [1.54, 1.807) is 7.11 Å². The Morgan fingerprint density at radius 3 is 2.78 bits per heavy atom.